The average molecular weight is 329 g/mol. The lowest BCUT2D eigenvalue weighted by atomic mass is 10.0. The molecule has 1 fully saturated rings. The van der Waals surface area contributed by atoms with Crippen molar-refractivity contribution in [3.8, 4) is 6.07 Å². The minimum atomic E-state index is -3.40. The summed E-state index contributed by atoms with van der Waals surface area (Å²) in [6, 6.07) is 8.74. The van der Waals surface area contributed by atoms with Gasteiger partial charge >= 0.3 is 0 Å². The predicted octanol–water partition coefficient (Wildman–Crippen LogP) is 2.13. The highest BCUT2D eigenvalue weighted by Gasteiger charge is 2.27. The molecule has 0 saturated heterocycles. The number of alkyl halides is 1. The van der Waals surface area contributed by atoms with Crippen molar-refractivity contribution in [1.82, 2.24) is 4.72 Å². The van der Waals surface area contributed by atoms with E-state index in [1.807, 2.05) is 0 Å². The van der Waals surface area contributed by atoms with Gasteiger partial charge in [-0.3, -0.25) is 0 Å². The number of sulfonamides is 1. The third-order valence-electron chi connectivity index (χ3n) is 2.80. The van der Waals surface area contributed by atoms with E-state index in [2.05, 4.69) is 26.7 Å². The topological polar surface area (TPSA) is 70.0 Å². The van der Waals surface area contributed by atoms with Crippen LogP contribution in [0.4, 0.5) is 0 Å². The second kappa shape index (κ2) is 5.39. The smallest absolute Gasteiger partial charge is 0.208 e. The van der Waals surface area contributed by atoms with Crippen molar-refractivity contribution in [1.29, 1.82) is 5.26 Å². The largest absolute Gasteiger partial charge is 0.240 e. The number of nitrogens with zero attached hydrogens (tertiary/aromatic N) is 1. The molecule has 2 rings (SSSR count). The Balaban J connectivity index is 2.19. The molecule has 1 aromatic rings. The Morgan fingerprint density at radius 1 is 1.39 bits per heavy atom. The van der Waals surface area contributed by atoms with Crippen LogP contribution in [0.2, 0.25) is 0 Å². The molecule has 96 valence electrons. The van der Waals surface area contributed by atoms with Gasteiger partial charge in [0.05, 0.1) is 16.9 Å². The van der Waals surface area contributed by atoms with Crippen LogP contribution in [0.15, 0.2) is 29.2 Å². The SMILES string of the molecule is N#CC(CBr)c1ccc(S(=O)(=O)NC2CC2)cc1. The van der Waals surface area contributed by atoms with Gasteiger partial charge in [-0.05, 0) is 30.5 Å². The summed E-state index contributed by atoms with van der Waals surface area (Å²) in [4.78, 5) is 0.254. The van der Waals surface area contributed by atoms with Crippen LogP contribution in [0.3, 0.4) is 0 Å². The summed E-state index contributed by atoms with van der Waals surface area (Å²) in [7, 11) is -3.40. The number of hydrogen-bond donors (Lipinski definition) is 1. The standard InChI is InChI=1S/C12H13BrN2O2S/c13-7-10(8-14)9-1-5-12(6-2-9)18(16,17)15-11-3-4-11/h1-2,5-6,10-11,15H,3-4,7H2. The molecule has 0 spiro atoms. The summed E-state index contributed by atoms with van der Waals surface area (Å²) in [6.07, 6.45) is 1.83. The van der Waals surface area contributed by atoms with Crippen molar-refractivity contribution >= 4 is 26.0 Å². The van der Waals surface area contributed by atoms with Crippen LogP contribution in [-0.4, -0.2) is 19.8 Å². The summed E-state index contributed by atoms with van der Waals surface area (Å²) >= 11 is 3.26. The van der Waals surface area contributed by atoms with Crippen LogP contribution >= 0.6 is 15.9 Å². The highest BCUT2D eigenvalue weighted by Crippen LogP contribution is 2.23. The Morgan fingerprint density at radius 3 is 2.44 bits per heavy atom. The molecule has 1 atom stereocenters. The van der Waals surface area contributed by atoms with E-state index in [1.165, 1.54) is 0 Å². The zero-order valence-electron chi connectivity index (χ0n) is 9.64. The number of nitriles is 1. The summed E-state index contributed by atoms with van der Waals surface area (Å²) < 4.78 is 26.5. The second-order valence-corrected chi connectivity index (χ2v) is 6.66. The van der Waals surface area contributed by atoms with E-state index in [0.29, 0.717) is 5.33 Å². The van der Waals surface area contributed by atoms with E-state index in [-0.39, 0.29) is 16.9 Å². The van der Waals surface area contributed by atoms with Crippen LogP contribution in [-0.2, 0) is 10.0 Å². The van der Waals surface area contributed by atoms with Gasteiger partial charge in [-0.25, -0.2) is 13.1 Å². The maximum absolute atomic E-state index is 11.9. The summed E-state index contributed by atoms with van der Waals surface area (Å²) in [5.74, 6) is -0.252. The number of halogens is 1. The molecule has 0 aliphatic heterocycles. The van der Waals surface area contributed by atoms with Crippen LogP contribution in [0.25, 0.3) is 0 Å². The molecule has 0 radical (unpaired) electrons. The number of rotatable bonds is 5. The molecule has 0 heterocycles. The summed E-state index contributed by atoms with van der Waals surface area (Å²) in [5, 5.41) is 9.46. The predicted molar refractivity (Wildman–Crippen MR) is 71.9 cm³/mol. The Kier molecular flexibility index (Phi) is 4.05. The number of nitrogens with one attached hydrogen (secondary N) is 1. The molecule has 1 aliphatic carbocycles. The van der Waals surface area contributed by atoms with Crippen molar-refractivity contribution in [2.75, 3.05) is 5.33 Å². The lowest BCUT2D eigenvalue weighted by molar-refractivity contribution is 0.581. The van der Waals surface area contributed by atoms with Gasteiger partial charge in [-0.1, -0.05) is 28.1 Å². The Labute approximate surface area is 115 Å². The van der Waals surface area contributed by atoms with Crippen LogP contribution in [0.5, 0.6) is 0 Å². The van der Waals surface area contributed by atoms with Gasteiger partial charge < -0.3 is 0 Å². The Bertz CT molecular complexity index is 559. The first-order valence-corrected chi connectivity index (χ1v) is 8.25. The van der Waals surface area contributed by atoms with Crippen LogP contribution in [0.1, 0.15) is 24.3 Å². The first kappa shape index (κ1) is 13.5. The van der Waals surface area contributed by atoms with E-state index in [4.69, 9.17) is 5.26 Å². The maximum atomic E-state index is 11.9. The highest BCUT2D eigenvalue weighted by molar-refractivity contribution is 9.09. The van der Waals surface area contributed by atoms with E-state index < -0.39 is 10.0 Å². The monoisotopic (exact) mass is 328 g/mol. The van der Waals surface area contributed by atoms with E-state index in [0.717, 1.165) is 18.4 Å². The normalized spacial score (nSPS) is 17.1. The molecule has 6 heteroatoms. The van der Waals surface area contributed by atoms with Gasteiger partial charge in [-0.15, -0.1) is 0 Å². The molecular weight excluding hydrogens is 316 g/mol. The highest BCUT2D eigenvalue weighted by atomic mass is 79.9. The van der Waals surface area contributed by atoms with Crippen molar-refractivity contribution < 1.29 is 8.42 Å². The van der Waals surface area contributed by atoms with Crippen molar-refractivity contribution in [2.45, 2.75) is 29.7 Å². The van der Waals surface area contributed by atoms with Gasteiger partial charge in [0.1, 0.15) is 0 Å². The van der Waals surface area contributed by atoms with Gasteiger partial charge in [0.15, 0.2) is 0 Å². The minimum absolute atomic E-state index is 0.101. The molecule has 0 amide bonds. The molecule has 0 aromatic heterocycles. The van der Waals surface area contributed by atoms with E-state index >= 15 is 0 Å². The molecule has 4 nitrogen and oxygen atoms in total. The fraction of sp³-hybridized carbons (Fsp3) is 0.417. The lowest BCUT2D eigenvalue weighted by Crippen LogP contribution is -2.25. The zero-order chi connectivity index (χ0) is 13.2. The molecule has 18 heavy (non-hydrogen) atoms. The van der Waals surface area contributed by atoms with Crippen molar-refractivity contribution in [3.05, 3.63) is 29.8 Å². The second-order valence-electron chi connectivity index (χ2n) is 4.30. The third-order valence-corrected chi connectivity index (χ3v) is 4.99. The van der Waals surface area contributed by atoms with Gasteiger partial charge in [0.25, 0.3) is 0 Å². The molecule has 1 N–H and O–H groups in total. The van der Waals surface area contributed by atoms with Gasteiger partial charge in [0.2, 0.25) is 10.0 Å². The Hall–Kier alpha value is -0.900. The third kappa shape index (κ3) is 3.10. The van der Waals surface area contributed by atoms with E-state index in [9.17, 15) is 8.42 Å². The molecule has 0 bridgehead atoms. The van der Waals surface area contributed by atoms with Gasteiger partial charge in [0, 0.05) is 11.4 Å². The molecule has 1 aromatic carbocycles. The zero-order valence-corrected chi connectivity index (χ0v) is 12.0. The minimum Gasteiger partial charge on any atom is -0.208 e. The first-order chi connectivity index (χ1) is 8.56. The lowest BCUT2D eigenvalue weighted by Gasteiger charge is -2.08. The quantitative estimate of drug-likeness (QED) is 0.842. The fourth-order valence-corrected chi connectivity index (χ4v) is 3.39. The summed E-state index contributed by atoms with van der Waals surface area (Å²) in [5.41, 5.74) is 0.819. The van der Waals surface area contributed by atoms with Crippen molar-refractivity contribution in [2.24, 2.45) is 0 Å². The maximum Gasteiger partial charge on any atom is 0.240 e. The van der Waals surface area contributed by atoms with Crippen molar-refractivity contribution in [3.63, 3.8) is 0 Å². The van der Waals surface area contributed by atoms with Crippen LogP contribution in [0, 0.1) is 11.3 Å². The Morgan fingerprint density at radius 2 is 2.00 bits per heavy atom. The van der Waals surface area contributed by atoms with Gasteiger partial charge in [-0.2, -0.15) is 5.26 Å². The average Bonchev–Trinajstić information content (AvgIpc) is 3.14. The van der Waals surface area contributed by atoms with E-state index in [1.54, 1.807) is 24.3 Å². The molecule has 1 aliphatic rings. The fourth-order valence-electron chi connectivity index (χ4n) is 1.57. The molecule has 1 saturated carbocycles. The number of hydrogen-bond acceptors (Lipinski definition) is 3. The number of benzene rings is 1. The van der Waals surface area contributed by atoms with Crippen LogP contribution < -0.4 is 4.72 Å². The summed E-state index contributed by atoms with van der Waals surface area (Å²) in [6.45, 7) is 0. The first-order valence-electron chi connectivity index (χ1n) is 5.64. The molecular formula is C12H13BrN2O2S. The molecule has 1 unspecified atom stereocenters.